The van der Waals surface area contributed by atoms with Gasteiger partial charge in [-0.2, -0.15) is 0 Å². The highest BCUT2D eigenvalue weighted by Crippen LogP contribution is 2.68. The third-order valence-electron chi connectivity index (χ3n) is 22.7. The van der Waals surface area contributed by atoms with Gasteiger partial charge in [0.2, 0.25) is 0 Å². The quantitative estimate of drug-likeness (QED) is 0.0381. The van der Waals surface area contributed by atoms with Gasteiger partial charge in [-0.1, -0.05) is 398 Å². The van der Waals surface area contributed by atoms with Crippen molar-refractivity contribution in [1.82, 2.24) is 0 Å². The van der Waals surface area contributed by atoms with Crippen LogP contribution in [0.1, 0.15) is 455 Å². The molecule has 0 aliphatic rings. The molecule has 0 aliphatic carbocycles. The number of aryl methyl sites for hydroxylation is 3. The van der Waals surface area contributed by atoms with Crippen LogP contribution in [0.25, 0.3) is 0 Å². The number of aromatic hydroxyl groups is 3. The Labute approximate surface area is 597 Å². The molecule has 3 aromatic rings. The summed E-state index contributed by atoms with van der Waals surface area (Å²) in [6, 6.07) is 14.2. The highest BCUT2D eigenvalue weighted by atomic mass is 31.2. The summed E-state index contributed by atoms with van der Waals surface area (Å²) in [5.74, 6) is 1.25. The molecule has 0 amide bonds. The average Bonchev–Trinajstić information content (AvgIpc) is 0.685. The van der Waals surface area contributed by atoms with E-state index in [4.69, 9.17) is 14.7 Å². The number of phenols is 3. The van der Waals surface area contributed by atoms with Crippen LogP contribution < -0.4 is 14.7 Å². The van der Waals surface area contributed by atoms with Crippen LogP contribution in [-0.2, 0) is 27.1 Å². The van der Waals surface area contributed by atoms with E-state index >= 15 is 0 Å². The fourth-order valence-corrected chi connectivity index (χ4v) is 17.1. The Balaban J connectivity index is 0.00000761. The van der Waals surface area contributed by atoms with Crippen molar-refractivity contribution in [2.75, 3.05) is 0 Å². The number of rotatable bonds is 53. The average molecular weight is 1350 g/mol. The second kappa shape index (κ2) is 48.3. The Morgan fingerprint density at radius 1 is 0.260 bits per heavy atom. The van der Waals surface area contributed by atoms with Gasteiger partial charge in [0.1, 0.15) is 17.2 Å². The van der Waals surface area contributed by atoms with Crippen LogP contribution in [0, 0.1) is 26.2 Å². The lowest BCUT2D eigenvalue weighted by Gasteiger charge is -2.63. The molecule has 0 aromatic heterocycles. The Morgan fingerprint density at radius 2 is 0.448 bits per heavy atom. The molecule has 3 aromatic carbocycles. The van der Waals surface area contributed by atoms with Crippen molar-refractivity contribution in [2.45, 2.75) is 453 Å². The normalized spacial score (nSPS) is 13.2. The third-order valence-corrected chi connectivity index (χ3v) is 22.7. The lowest BCUT2D eigenvalue weighted by molar-refractivity contribution is -0.407. The van der Waals surface area contributed by atoms with Crippen LogP contribution in [0.2, 0.25) is 0 Å². The predicted octanol–water partition coefficient (Wildman–Crippen LogP) is 27.0. The molecule has 3 N–H and O–H groups in total. The minimum Gasteiger partial charge on any atom is -0.854 e. The molecule has 7 heteroatoms. The van der Waals surface area contributed by atoms with Crippen molar-refractivity contribution in [2.24, 2.45) is 5.41 Å². The van der Waals surface area contributed by atoms with E-state index in [0.29, 0.717) is 17.2 Å². The first-order valence-corrected chi connectivity index (χ1v) is 42.0. The summed E-state index contributed by atoms with van der Waals surface area (Å²) in [6.07, 6.45) is 61.9. The molecule has 0 spiro atoms. The second-order valence-electron chi connectivity index (χ2n) is 34.0. The van der Waals surface area contributed by atoms with Crippen LogP contribution in [0.4, 0.5) is 0 Å². The van der Waals surface area contributed by atoms with E-state index in [1.165, 1.54) is 290 Å². The lowest BCUT2D eigenvalue weighted by Crippen LogP contribution is -2.59. The van der Waals surface area contributed by atoms with E-state index in [-0.39, 0.29) is 27.1 Å². The molecule has 1 unspecified atom stereocenters. The van der Waals surface area contributed by atoms with Gasteiger partial charge in [-0.05, 0) is 142 Å². The van der Waals surface area contributed by atoms with E-state index in [2.05, 4.69) is 154 Å². The molecule has 0 saturated carbocycles. The summed E-state index contributed by atoms with van der Waals surface area (Å²) in [4.78, 5) is 25.4. The van der Waals surface area contributed by atoms with Crippen molar-refractivity contribution < 1.29 is 30.0 Å². The Morgan fingerprint density at radius 3 is 0.677 bits per heavy atom. The van der Waals surface area contributed by atoms with Gasteiger partial charge >= 0.3 is 0 Å². The van der Waals surface area contributed by atoms with Gasteiger partial charge in [0.25, 0.3) is 0 Å². The molecular weight excluding hydrogens is 1200 g/mol. The van der Waals surface area contributed by atoms with Gasteiger partial charge in [0.05, 0.1) is 0 Å². The highest BCUT2D eigenvalue weighted by Gasteiger charge is 2.62. The summed E-state index contributed by atoms with van der Waals surface area (Å²) in [6.45, 7) is 40.0. The van der Waals surface area contributed by atoms with Crippen molar-refractivity contribution in [1.29, 1.82) is 0 Å². The van der Waals surface area contributed by atoms with Gasteiger partial charge < -0.3 is 38.6 Å². The number of unbranched alkanes of at least 4 members (excludes halogenated alkanes) is 40. The van der Waals surface area contributed by atoms with E-state index in [9.17, 15) is 15.3 Å². The van der Waals surface area contributed by atoms with E-state index in [1.807, 2.05) is 0 Å². The van der Waals surface area contributed by atoms with Gasteiger partial charge in [-0.3, -0.25) is 0 Å². The van der Waals surface area contributed by atoms with Crippen LogP contribution >= 0.6 is 8.60 Å². The summed E-state index contributed by atoms with van der Waals surface area (Å²) < 4.78 is 0. The van der Waals surface area contributed by atoms with E-state index in [1.54, 1.807) is 0 Å². The first-order chi connectivity index (χ1) is 45.6. The van der Waals surface area contributed by atoms with Crippen LogP contribution in [0.15, 0.2) is 36.4 Å². The van der Waals surface area contributed by atoms with Crippen LogP contribution in [0.3, 0.4) is 0 Å². The largest absolute Gasteiger partial charge is 0.854 e. The van der Waals surface area contributed by atoms with Gasteiger partial charge in [0.15, 0.2) is 0 Å². The summed E-state index contributed by atoms with van der Waals surface area (Å²) in [7, 11) is -3.37. The zero-order valence-corrected chi connectivity index (χ0v) is 67.3. The zero-order valence-electron chi connectivity index (χ0n) is 66.4. The molecule has 0 radical (unpaired) electrons. The smallest absolute Gasteiger partial charge is 0.119 e. The molecule has 0 heterocycles. The first kappa shape index (κ1) is 89.5. The molecule has 0 saturated heterocycles. The maximum Gasteiger partial charge on any atom is 0.119 e. The third kappa shape index (κ3) is 30.9. The summed E-state index contributed by atoms with van der Waals surface area (Å²) in [5, 5.41) is 37.2. The molecule has 6 nitrogen and oxygen atoms in total. The number of hydrogen-bond donors (Lipinski definition) is 3. The monoisotopic (exact) mass is 1350 g/mol. The Kier molecular flexibility index (Phi) is 45.0. The summed E-state index contributed by atoms with van der Waals surface area (Å²) >= 11 is 0. The summed E-state index contributed by atoms with van der Waals surface area (Å²) in [5.41, 5.74) is 8.87. The maximum absolute atomic E-state index is 12.5. The first-order valence-electron chi connectivity index (χ1n) is 40.9. The minimum absolute atomic E-state index is 0.268. The fraction of sp³-hybridized carbons (Fsp3) is 0.798. The standard InChI is InChI=1S/C89H156O3.O3P/c1-18-22-26-30-34-38-42-46-50-54-58-62-87(17,75-69-78(84(8,9)10)81(90)66-72(75)5)88(63-59-55-51-47-43-39-35-31-27-23-19-2,64-60-56-52-48-44-40-36-32-28-24-20-3)89(65-61-57-53-49-45-41-37-33-29-25-21-4,76-70-79(85(11,12)13)82(91)67-73(76)6)77-71-80(86(14,15)16)83(92)68-74(77)7;1-4(2)3/h66-71,90-92H,18-65H2,1-17H3;/q;-3. The molecule has 0 fully saturated rings. The Bertz CT molecular complexity index is 2370. The van der Waals surface area contributed by atoms with Crippen molar-refractivity contribution in [3.63, 3.8) is 0 Å². The van der Waals surface area contributed by atoms with Gasteiger partial charge in [-0.15, -0.1) is 0 Å². The van der Waals surface area contributed by atoms with E-state index in [0.717, 1.165) is 68.1 Å². The molecule has 556 valence electrons. The molecule has 3 rings (SSSR count). The van der Waals surface area contributed by atoms with Crippen LogP contribution in [-0.4, -0.2) is 15.3 Å². The SMILES string of the molecule is CCCCCCCCCCCCCC(C)(c1cc(C(C)(C)C)c(O)cc1C)C(CCCCCCCCCCCCC)(CCCCCCCCCCCCC)C(CCCCCCCCCCCCC)(c1cc(C(C)(C)C)c(O)cc1C)c1cc(C(C)(C)C)c(O)cc1C.[O-]P([O-])[O-]. The fourth-order valence-electron chi connectivity index (χ4n) is 17.1. The maximum atomic E-state index is 12.5. The number of phenolic OH excluding ortho intramolecular Hbond substituents is 3. The highest BCUT2D eigenvalue weighted by molar-refractivity contribution is 7.33. The molecular formula is C89H156O6P-3. The lowest BCUT2D eigenvalue weighted by atomic mass is 9.40. The van der Waals surface area contributed by atoms with Gasteiger partial charge in [0, 0.05) is 5.41 Å². The molecule has 0 bridgehead atoms. The Hall–Kier alpha value is -2.63. The van der Waals surface area contributed by atoms with Crippen molar-refractivity contribution >= 4 is 8.60 Å². The number of benzene rings is 3. The van der Waals surface area contributed by atoms with Gasteiger partial charge in [-0.25, -0.2) is 0 Å². The molecule has 1 atom stereocenters. The topological polar surface area (TPSA) is 130 Å². The predicted molar refractivity (Wildman–Crippen MR) is 416 cm³/mol. The molecule has 96 heavy (non-hydrogen) atoms. The zero-order chi connectivity index (χ0) is 71.7. The van der Waals surface area contributed by atoms with Crippen LogP contribution in [0.5, 0.6) is 17.2 Å². The van der Waals surface area contributed by atoms with Crippen molar-refractivity contribution in [3.05, 3.63) is 86.5 Å². The number of hydrogen-bond acceptors (Lipinski definition) is 6. The molecule has 0 aliphatic heterocycles. The van der Waals surface area contributed by atoms with E-state index < -0.39 is 14.0 Å². The van der Waals surface area contributed by atoms with Crippen molar-refractivity contribution in [3.8, 4) is 17.2 Å². The second-order valence-corrected chi connectivity index (χ2v) is 34.4. The minimum atomic E-state index is -3.37.